The highest BCUT2D eigenvalue weighted by Gasteiger charge is 2.22. The number of thiophene rings is 1. The summed E-state index contributed by atoms with van der Waals surface area (Å²) in [5, 5.41) is 12.0. The third kappa shape index (κ3) is 3.03. The number of aliphatic carboxylic acids is 1. The van der Waals surface area contributed by atoms with Crippen LogP contribution in [0.25, 0.3) is 22.0 Å². The van der Waals surface area contributed by atoms with Gasteiger partial charge in [-0.2, -0.15) is 0 Å². The molecule has 1 aromatic carbocycles. The Labute approximate surface area is 135 Å². The zero-order valence-corrected chi connectivity index (χ0v) is 12.9. The zero-order valence-electron chi connectivity index (χ0n) is 12.1. The molecule has 2 heterocycles. The predicted molar refractivity (Wildman–Crippen MR) is 87.2 cm³/mol. The second kappa shape index (κ2) is 6.34. The average molecular weight is 331 g/mol. The highest BCUT2D eigenvalue weighted by Crippen LogP contribution is 2.36. The Morgan fingerprint density at radius 3 is 2.96 bits per heavy atom. The van der Waals surface area contributed by atoms with Gasteiger partial charge in [0, 0.05) is 34.0 Å². The molecule has 0 spiro atoms. The summed E-state index contributed by atoms with van der Waals surface area (Å²) < 4.78 is 13.5. The molecule has 6 heteroatoms. The molecule has 3 aromatic rings. The van der Waals surface area contributed by atoms with Crippen molar-refractivity contribution in [2.75, 3.05) is 0 Å². The molecule has 0 amide bonds. The summed E-state index contributed by atoms with van der Waals surface area (Å²) in [7, 11) is 0. The zero-order chi connectivity index (χ0) is 16.4. The van der Waals surface area contributed by atoms with E-state index in [1.165, 1.54) is 23.5 Å². The first-order chi connectivity index (χ1) is 11.1. The van der Waals surface area contributed by atoms with Gasteiger partial charge in [-0.1, -0.05) is 0 Å². The van der Waals surface area contributed by atoms with E-state index in [4.69, 9.17) is 0 Å². The molecule has 0 fully saturated rings. The molecule has 1 unspecified atom stereocenters. The summed E-state index contributed by atoms with van der Waals surface area (Å²) in [4.78, 5) is 25.7. The van der Waals surface area contributed by atoms with E-state index in [1.807, 2.05) is 11.4 Å². The number of benzene rings is 1. The summed E-state index contributed by atoms with van der Waals surface area (Å²) in [6, 6.07) is 6.33. The molecule has 2 N–H and O–H groups in total. The molecule has 0 radical (unpaired) electrons. The lowest BCUT2D eigenvalue weighted by atomic mass is 10.00. The van der Waals surface area contributed by atoms with Crippen LogP contribution in [0.5, 0.6) is 0 Å². The third-order valence-electron chi connectivity index (χ3n) is 3.79. The first-order valence-corrected chi connectivity index (χ1v) is 8.00. The number of rotatable bonds is 6. The van der Waals surface area contributed by atoms with Crippen LogP contribution in [0.2, 0.25) is 0 Å². The number of nitrogens with one attached hydrogen (secondary N) is 1. The molecule has 3 rings (SSSR count). The van der Waals surface area contributed by atoms with Gasteiger partial charge in [-0.15, -0.1) is 11.3 Å². The van der Waals surface area contributed by atoms with Gasteiger partial charge in [0.05, 0.1) is 5.92 Å². The fraction of sp³-hybridized carbons (Fsp3) is 0.176. The van der Waals surface area contributed by atoms with Crippen molar-refractivity contribution in [1.29, 1.82) is 0 Å². The van der Waals surface area contributed by atoms with Gasteiger partial charge in [0.2, 0.25) is 0 Å². The SMILES string of the molecule is O=CCCC(C(=O)O)c1cc(-c2c[nH]c3ccc(F)cc23)cs1. The number of carbonyl (C=O) groups excluding carboxylic acids is 1. The van der Waals surface area contributed by atoms with E-state index in [0.717, 1.165) is 28.3 Å². The van der Waals surface area contributed by atoms with E-state index in [-0.39, 0.29) is 18.7 Å². The Balaban J connectivity index is 1.98. The molecule has 0 saturated heterocycles. The molecule has 118 valence electrons. The molecule has 0 saturated carbocycles. The lowest BCUT2D eigenvalue weighted by Gasteiger charge is -2.07. The van der Waals surface area contributed by atoms with Gasteiger partial charge in [0.25, 0.3) is 0 Å². The smallest absolute Gasteiger partial charge is 0.311 e. The maximum Gasteiger partial charge on any atom is 0.311 e. The number of aromatic nitrogens is 1. The fourth-order valence-electron chi connectivity index (χ4n) is 2.63. The van der Waals surface area contributed by atoms with Gasteiger partial charge in [0.1, 0.15) is 12.1 Å². The number of carboxylic acids is 1. The number of carbonyl (C=O) groups is 2. The lowest BCUT2D eigenvalue weighted by Crippen LogP contribution is -2.10. The lowest BCUT2D eigenvalue weighted by molar-refractivity contribution is -0.138. The van der Waals surface area contributed by atoms with Crippen molar-refractivity contribution < 1.29 is 19.1 Å². The van der Waals surface area contributed by atoms with Crippen LogP contribution in [0.15, 0.2) is 35.8 Å². The predicted octanol–water partition coefficient (Wildman–Crippen LogP) is 4.18. The number of aldehydes is 1. The number of aromatic amines is 1. The van der Waals surface area contributed by atoms with Crippen LogP contribution in [0.1, 0.15) is 23.6 Å². The van der Waals surface area contributed by atoms with Gasteiger partial charge in [0.15, 0.2) is 0 Å². The standard InChI is InChI=1S/C17H14FNO3S/c18-11-3-4-15-13(7-11)14(8-19-15)10-6-16(23-9-10)12(17(21)22)2-1-5-20/h3-9,12,19H,1-2H2,(H,21,22). The highest BCUT2D eigenvalue weighted by atomic mass is 32.1. The van der Waals surface area contributed by atoms with Crippen molar-refractivity contribution in [3.05, 3.63) is 46.5 Å². The Bertz CT molecular complexity index is 868. The summed E-state index contributed by atoms with van der Waals surface area (Å²) >= 11 is 1.34. The van der Waals surface area contributed by atoms with Crippen molar-refractivity contribution in [3.63, 3.8) is 0 Å². The summed E-state index contributed by atoms with van der Waals surface area (Å²) in [5.41, 5.74) is 2.51. The van der Waals surface area contributed by atoms with E-state index in [2.05, 4.69) is 4.98 Å². The average Bonchev–Trinajstić information content (AvgIpc) is 3.13. The normalized spacial score (nSPS) is 12.4. The fourth-order valence-corrected chi connectivity index (χ4v) is 3.67. The molecule has 0 aliphatic heterocycles. The minimum atomic E-state index is -0.940. The molecular formula is C17H14FNO3S. The molecule has 0 aliphatic rings. The number of carboxylic acid groups (broad SMARTS) is 1. The molecule has 23 heavy (non-hydrogen) atoms. The molecule has 0 aliphatic carbocycles. The maximum atomic E-state index is 13.5. The Kier molecular flexibility index (Phi) is 4.25. The quantitative estimate of drug-likeness (QED) is 0.666. The van der Waals surface area contributed by atoms with Crippen LogP contribution in [0, 0.1) is 5.82 Å². The van der Waals surface area contributed by atoms with Crippen molar-refractivity contribution in [3.8, 4) is 11.1 Å². The Morgan fingerprint density at radius 1 is 1.39 bits per heavy atom. The summed E-state index contributed by atoms with van der Waals surface area (Å²) in [5.74, 6) is -1.95. The van der Waals surface area contributed by atoms with Crippen molar-refractivity contribution in [1.82, 2.24) is 4.98 Å². The van der Waals surface area contributed by atoms with Gasteiger partial charge in [-0.25, -0.2) is 4.39 Å². The number of H-pyrrole nitrogens is 1. The van der Waals surface area contributed by atoms with E-state index >= 15 is 0 Å². The molecular weight excluding hydrogens is 317 g/mol. The van der Waals surface area contributed by atoms with E-state index in [1.54, 1.807) is 12.3 Å². The maximum absolute atomic E-state index is 13.5. The Morgan fingerprint density at radius 2 is 2.22 bits per heavy atom. The van der Waals surface area contributed by atoms with Gasteiger partial charge >= 0.3 is 5.97 Å². The van der Waals surface area contributed by atoms with Crippen molar-refractivity contribution in [2.24, 2.45) is 0 Å². The van der Waals surface area contributed by atoms with Crippen LogP contribution in [-0.2, 0) is 9.59 Å². The first kappa shape index (κ1) is 15.4. The molecule has 2 aromatic heterocycles. The summed E-state index contributed by atoms with van der Waals surface area (Å²) in [6.45, 7) is 0. The summed E-state index contributed by atoms with van der Waals surface area (Å²) in [6.07, 6.45) is 3.01. The van der Waals surface area contributed by atoms with Crippen LogP contribution in [-0.4, -0.2) is 22.3 Å². The van der Waals surface area contributed by atoms with Gasteiger partial charge in [-0.05, 0) is 41.6 Å². The minimum Gasteiger partial charge on any atom is -0.481 e. The van der Waals surface area contributed by atoms with Crippen LogP contribution >= 0.6 is 11.3 Å². The van der Waals surface area contributed by atoms with Gasteiger partial charge < -0.3 is 14.9 Å². The largest absolute Gasteiger partial charge is 0.481 e. The number of hydrogen-bond donors (Lipinski definition) is 2. The first-order valence-electron chi connectivity index (χ1n) is 7.12. The third-order valence-corrected chi connectivity index (χ3v) is 4.84. The van der Waals surface area contributed by atoms with Crippen LogP contribution < -0.4 is 0 Å². The number of halogens is 1. The molecule has 0 bridgehead atoms. The number of hydrogen-bond acceptors (Lipinski definition) is 3. The van der Waals surface area contributed by atoms with E-state index in [0.29, 0.717) is 4.88 Å². The van der Waals surface area contributed by atoms with Crippen LogP contribution in [0.3, 0.4) is 0 Å². The van der Waals surface area contributed by atoms with E-state index in [9.17, 15) is 19.1 Å². The van der Waals surface area contributed by atoms with E-state index < -0.39 is 11.9 Å². The van der Waals surface area contributed by atoms with Crippen molar-refractivity contribution >= 4 is 34.5 Å². The van der Waals surface area contributed by atoms with Crippen molar-refractivity contribution in [2.45, 2.75) is 18.8 Å². The monoisotopic (exact) mass is 331 g/mol. The van der Waals surface area contributed by atoms with Crippen LogP contribution in [0.4, 0.5) is 4.39 Å². The highest BCUT2D eigenvalue weighted by molar-refractivity contribution is 7.10. The van der Waals surface area contributed by atoms with Gasteiger partial charge in [-0.3, -0.25) is 4.79 Å². The Hall–Kier alpha value is -2.47. The number of fused-ring (bicyclic) bond motifs is 1. The second-order valence-electron chi connectivity index (χ2n) is 5.26. The molecule has 4 nitrogen and oxygen atoms in total. The molecule has 1 atom stereocenters. The minimum absolute atomic E-state index is 0.211. The second-order valence-corrected chi connectivity index (χ2v) is 6.21. The topological polar surface area (TPSA) is 70.2 Å².